The molecular weight excluding hydrogens is 265 g/mol. The molecule has 1 aliphatic carbocycles. The van der Waals surface area contributed by atoms with Crippen molar-refractivity contribution in [2.75, 3.05) is 0 Å². The van der Waals surface area contributed by atoms with E-state index < -0.39 is 17.3 Å². The molecule has 0 aliphatic heterocycles. The van der Waals surface area contributed by atoms with Crippen molar-refractivity contribution in [3.05, 3.63) is 34.6 Å². The zero-order valence-electron chi connectivity index (χ0n) is 10.9. The van der Waals surface area contributed by atoms with E-state index in [0.29, 0.717) is 24.3 Å². The predicted molar refractivity (Wildman–Crippen MR) is 72.0 cm³/mol. The summed E-state index contributed by atoms with van der Waals surface area (Å²) in [5.41, 5.74) is -0.370. The molecule has 0 radical (unpaired) electrons. The number of aliphatic hydroxyl groups excluding tert-OH is 1. The van der Waals surface area contributed by atoms with Crippen LogP contribution in [0.5, 0.6) is 0 Å². The summed E-state index contributed by atoms with van der Waals surface area (Å²) in [6.07, 6.45) is 2.17. The van der Waals surface area contributed by atoms with Gasteiger partial charge in [-0.3, -0.25) is 0 Å². The second-order valence-corrected chi connectivity index (χ2v) is 5.93. The SMILES string of the molecule is CC1CCC(C#N)(C(O)c2ccc(Cl)c(F)c2)CC1. The topological polar surface area (TPSA) is 44.0 Å². The Morgan fingerprint density at radius 1 is 1.47 bits per heavy atom. The highest BCUT2D eigenvalue weighted by Crippen LogP contribution is 2.47. The van der Waals surface area contributed by atoms with E-state index in [1.807, 2.05) is 0 Å². The molecule has 0 bridgehead atoms. The molecule has 0 spiro atoms. The average Bonchev–Trinajstić information content (AvgIpc) is 2.42. The van der Waals surface area contributed by atoms with Gasteiger partial charge in [0.15, 0.2) is 0 Å². The molecule has 1 atom stereocenters. The standard InChI is InChI=1S/C15H17ClFNO/c1-10-4-6-15(9-18,7-5-10)14(19)11-2-3-12(16)13(17)8-11/h2-3,8,10,14,19H,4-7H2,1H3. The first-order valence-corrected chi connectivity index (χ1v) is 6.90. The monoisotopic (exact) mass is 281 g/mol. The summed E-state index contributed by atoms with van der Waals surface area (Å²) in [6, 6.07) is 6.50. The summed E-state index contributed by atoms with van der Waals surface area (Å²) in [7, 11) is 0. The molecule has 2 rings (SSSR count). The van der Waals surface area contributed by atoms with E-state index in [9.17, 15) is 14.8 Å². The molecule has 0 heterocycles. The van der Waals surface area contributed by atoms with Gasteiger partial charge in [0.1, 0.15) is 5.82 Å². The molecule has 1 aromatic carbocycles. The van der Waals surface area contributed by atoms with Crippen molar-refractivity contribution in [2.24, 2.45) is 11.3 Å². The summed E-state index contributed by atoms with van der Waals surface area (Å²) in [5.74, 6) is 0.0195. The molecule has 0 amide bonds. The fraction of sp³-hybridized carbons (Fsp3) is 0.533. The Balaban J connectivity index is 2.28. The smallest absolute Gasteiger partial charge is 0.142 e. The van der Waals surface area contributed by atoms with Gasteiger partial charge >= 0.3 is 0 Å². The number of halogens is 2. The highest BCUT2D eigenvalue weighted by atomic mass is 35.5. The van der Waals surface area contributed by atoms with Gasteiger partial charge in [-0.1, -0.05) is 24.6 Å². The Labute approximate surface area is 117 Å². The Morgan fingerprint density at radius 2 is 2.11 bits per heavy atom. The summed E-state index contributed by atoms with van der Waals surface area (Å²) >= 11 is 5.64. The summed E-state index contributed by atoms with van der Waals surface area (Å²) < 4.78 is 13.5. The minimum atomic E-state index is -0.961. The van der Waals surface area contributed by atoms with Crippen LogP contribution in [0.15, 0.2) is 18.2 Å². The third-order valence-electron chi connectivity index (χ3n) is 4.17. The van der Waals surface area contributed by atoms with Crippen molar-refractivity contribution >= 4 is 11.6 Å². The Kier molecular flexibility index (Phi) is 4.13. The molecule has 1 saturated carbocycles. The minimum Gasteiger partial charge on any atom is -0.387 e. The summed E-state index contributed by atoms with van der Waals surface area (Å²) in [6.45, 7) is 2.15. The number of nitriles is 1. The fourth-order valence-electron chi connectivity index (χ4n) is 2.73. The zero-order valence-corrected chi connectivity index (χ0v) is 11.6. The van der Waals surface area contributed by atoms with Gasteiger partial charge in [-0.25, -0.2) is 4.39 Å². The fourth-order valence-corrected chi connectivity index (χ4v) is 2.84. The lowest BCUT2D eigenvalue weighted by molar-refractivity contribution is 0.0264. The number of hydrogen-bond acceptors (Lipinski definition) is 2. The molecule has 1 aliphatic rings. The average molecular weight is 282 g/mol. The molecular formula is C15H17ClFNO. The highest BCUT2D eigenvalue weighted by molar-refractivity contribution is 6.30. The number of aliphatic hydroxyl groups is 1. The van der Waals surface area contributed by atoms with Gasteiger partial charge in [0.2, 0.25) is 0 Å². The van der Waals surface area contributed by atoms with Crippen LogP contribution >= 0.6 is 11.6 Å². The van der Waals surface area contributed by atoms with Crippen LogP contribution in [0.4, 0.5) is 4.39 Å². The van der Waals surface area contributed by atoms with Crippen molar-refractivity contribution in [2.45, 2.75) is 38.7 Å². The first kappa shape index (κ1) is 14.3. The minimum absolute atomic E-state index is 0.0271. The normalized spacial score (nSPS) is 28.7. The number of rotatable bonds is 2. The van der Waals surface area contributed by atoms with Gasteiger partial charge in [0, 0.05) is 0 Å². The summed E-state index contributed by atoms with van der Waals surface area (Å²) in [4.78, 5) is 0. The van der Waals surface area contributed by atoms with E-state index in [-0.39, 0.29) is 5.02 Å². The van der Waals surface area contributed by atoms with Crippen molar-refractivity contribution in [1.82, 2.24) is 0 Å². The molecule has 4 heteroatoms. The second-order valence-electron chi connectivity index (χ2n) is 5.53. The van der Waals surface area contributed by atoms with Crippen LogP contribution in [0.3, 0.4) is 0 Å². The number of benzene rings is 1. The van der Waals surface area contributed by atoms with Gasteiger partial charge in [0.05, 0.1) is 22.6 Å². The van der Waals surface area contributed by atoms with E-state index in [4.69, 9.17) is 11.6 Å². The third-order valence-corrected chi connectivity index (χ3v) is 4.48. The lowest BCUT2D eigenvalue weighted by Crippen LogP contribution is -2.32. The molecule has 19 heavy (non-hydrogen) atoms. The van der Waals surface area contributed by atoms with Crippen LogP contribution < -0.4 is 0 Å². The van der Waals surface area contributed by atoms with Crippen molar-refractivity contribution in [3.8, 4) is 6.07 Å². The molecule has 102 valence electrons. The quantitative estimate of drug-likeness (QED) is 0.881. The van der Waals surface area contributed by atoms with Gasteiger partial charge in [-0.15, -0.1) is 0 Å². The Hall–Kier alpha value is -1.11. The molecule has 0 saturated heterocycles. The largest absolute Gasteiger partial charge is 0.387 e. The zero-order chi connectivity index (χ0) is 14.0. The Morgan fingerprint density at radius 3 is 2.63 bits per heavy atom. The summed E-state index contributed by atoms with van der Waals surface area (Å²) in [5, 5.41) is 19.9. The first-order chi connectivity index (χ1) is 8.98. The van der Waals surface area contributed by atoms with Crippen LogP contribution in [0, 0.1) is 28.5 Å². The predicted octanol–water partition coefficient (Wildman–Crippen LogP) is 4.23. The number of hydrogen-bond donors (Lipinski definition) is 1. The van der Waals surface area contributed by atoms with E-state index in [1.54, 1.807) is 6.07 Å². The van der Waals surface area contributed by atoms with Crippen molar-refractivity contribution in [3.63, 3.8) is 0 Å². The van der Waals surface area contributed by atoms with Gasteiger partial charge < -0.3 is 5.11 Å². The van der Waals surface area contributed by atoms with Gasteiger partial charge in [-0.2, -0.15) is 5.26 Å². The van der Waals surface area contributed by atoms with Gasteiger partial charge in [0.25, 0.3) is 0 Å². The van der Waals surface area contributed by atoms with E-state index in [2.05, 4.69) is 13.0 Å². The maximum absolute atomic E-state index is 13.5. The van der Waals surface area contributed by atoms with E-state index in [1.165, 1.54) is 12.1 Å². The highest BCUT2D eigenvalue weighted by Gasteiger charge is 2.41. The maximum atomic E-state index is 13.5. The lowest BCUT2D eigenvalue weighted by Gasteiger charge is -2.37. The van der Waals surface area contributed by atoms with E-state index >= 15 is 0 Å². The van der Waals surface area contributed by atoms with Crippen molar-refractivity contribution < 1.29 is 9.50 Å². The van der Waals surface area contributed by atoms with Crippen molar-refractivity contribution in [1.29, 1.82) is 5.26 Å². The lowest BCUT2D eigenvalue weighted by atomic mass is 9.67. The molecule has 1 fully saturated rings. The van der Waals surface area contributed by atoms with Crippen LogP contribution in [-0.2, 0) is 0 Å². The maximum Gasteiger partial charge on any atom is 0.142 e. The van der Waals surface area contributed by atoms with Crippen LogP contribution in [0.25, 0.3) is 0 Å². The molecule has 1 unspecified atom stereocenters. The second kappa shape index (κ2) is 5.48. The molecule has 2 nitrogen and oxygen atoms in total. The Bertz CT molecular complexity index is 503. The van der Waals surface area contributed by atoms with Crippen LogP contribution in [0.1, 0.15) is 44.3 Å². The van der Waals surface area contributed by atoms with Gasteiger partial charge in [-0.05, 0) is 49.3 Å². The third kappa shape index (κ3) is 2.75. The van der Waals surface area contributed by atoms with E-state index in [0.717, 1.165) is 12.8 Å². The number of nitrogens with zero attached hydrogens (tertiary/aromatic N) is 1. The molecule has 1 aromatic rings. The first-order valence-electron chi connectivity index (χ1n) is 6.53. The molecule has 1 N–H and O–H groups in total. The van der Waals surface area contributed by atoms with Crippen LogP contribution in [-0.4, -0.2) is 5.11 Å². The van der Waals surface area contributed by atoms with Crippen LogP contribution in [0.2, 0.25) is 5.02 Å². The molecule has 0 aromatic heterocycles.